The van der Waals surface area contributed by atoms with Crippen molar-refractivity contribution in [3.63, 3.8) is 0 Å². The van der Waals surface area contributed by atoms with E-state index in [0.29, 0.717) is 17.9 Å². The smallest absolute Gasteiger partial charge is 0.169 e. The van der Waals surface area contributed by atoms with Crippen LogP contribution in [0.5, 0.6) is 0 Å². The molecular weight excluding hydrogens is 282 g/mol. The number of hydrogen-bond donors (Lipinski definition) is 1. The van der Waals surface area contributed by atoms with E-state index in [9.17, 15) is 0 Å². The van der Waals surface area contributed by atoms with Gasteiger partial charge in [-0.1, -0.05) is 6.07 Å². The average Bonchev–Trinajstić information content (AvgIpc) is 2.72. The Balaban J connectivity index is 2.14. The molecule has 2 aromatic rings. The zero-order valence-corrected chi connectivity index (χ0v) is 10.8. The fourth-order valence-electron chi connectivity index (χ4n) is 1.42. The van der Waals surface area contributed by atoms with Crippen LogP contribution >= 0.6 is 15.9 Å². The van der Waals surface area contributed by atoms with Crippen LogP contribution in [0, 0.1) is 11.3 Å². The summed E-state index contributed by atoms with van der Waals surface area (Å²) in [4.78, 5) is 4.10. The molecule has 0 saturated heterocycles. The summed E-state index contributed by atoms with van der Waals surface area (Å²) in [5, 5.41) is 16.3. The number of halogens is 1. The summed E-state index contributed by atoms with van der Waals surface area (Å²) in [6.07, 6.45) is 1.64. The lowest BCUT2D eigenvalue weighted by Crippen LogP contribution is -2.04. The molecule has 0 amide bonds. The number of anilines is 1. The average molecular weight is 292 g/mol. The van der Waals surface area contributed by atoms with Gasteiger partial charge in [-0.25, -0.2) is 4.98 Å². The molecule has 0 bridgehead atoms. The van der Waals surface area contributed by atoms with E-state index >= 15 is 0 Å². The molecule has 0 radical (unpaired) electrons. The standard InChI is InChI=1S/C11H10BrN5/c1-17-7-15-11(16-17)6-14-10-4-2-3-9(12)8(10)5-13/h2-4,7,14H,6H2,1H3. The molecule has 0 saturated carbocycles. The summed E-state index contributed by atoms with van der Waals surface area (Å²) in [6, 6.07) is 7.71. The van der Waals surface area contributed by atoms with Gasteiger partial charge < -0.3 is 5.32 Å². The van der Waals surface area contributed by atoms with Crippen LogP contribution in [-0.2, 0) is 13.6 Å². The molecule has 1 aromatic carbocycles. The van der Waals surface area contributed by atoms with Gasteiger partial charge in [-0.05, 0) is 28.1 Å². The lowest BCUT2D eigenvalue weighted by Gasteiger charge is -2.06. The minimum Gasteiger partial charge on any atom is -0.377 e. The molecule has 2 rings (SSSR count). The van der Waals surface area contributed by atoms with Crippen LogP contribution < -0.4 is 5.32 Å². The van der Waals surface area contributed by atoms with Gasteiger partial charge in [0, 0.05) is 11.5 Å². The van der Waals surface area contributed by atoms with Crippen molar-refractivity contribution in [2.75, 3.05) is 5.32 Å². The summed E-state index contributed by atoms with van der Waals surface area (Å²) in [7, 11) is 1.82. The largest absolute Gasteiger partial charge is 0.377 e. The minimum absolute atomic E-state index is 0.492. The predicted octanol–water partition coefficient (Wildman–Crippen LogP) is 2.06. The minimum atomic E-state index is 0.492. The van der Waals surface area contributed by atoms with Crippen LogP contribution in [-0.4, -0.2) is 14.8 Å². The lowest BCUT2D eigenvalue weighted by molar-refractivity contribution is 0.747. The Hall–Kier alpha value is -1.87. The molecule has 0 unspecified atom stereocenters. The van der Waals surface area contributed by atoms with Crippen molar-refractivity contribution in [1.29, 1.82) is 5.26 Å². The number of rotatable bonds is 3. The number of nitrogens with one attached hydrogen (secondary N) is 1. The molecule has 1 N–H and O–H groups in total. The van der Waals surface area contributed by atoms with Crippen LogP contribution in [0.25, 0.3) is 0 Å². The van der Waals surface area contributed by atoms with Crippen LogP contribution in [0.15, 0.2) is 29.0 Å². The summed E-state index contributed by atoms with van der Waals surface area (Å²) >= 11 is 3.34. The maximum atomic E-state index is 9.05. The van der Waals surface area contributed by atoms with Gasteiger partial charge >= 0.3 is 0 Å². The number of nitrogens with zero attached hydrogens (tertiary/aromatic N) is 4. The molecule has 0 fully saturated rings. The van der Waals surface area contributed by atoms with E-state index in [-0.39, 0.29) is 0 Å². The maximum Gasteiger partial charge on any atom is 0.169 e. The number of nitriles is 1. The Kier molecular flexibility index (Phi) is 3.40. The SMILES string of the molecule is Cn1cnc(CNc2cccc(Br)c2C#N)n1. The van der Waals surface area contributed by atoms with Crippen LogP contribution in [0.1, 0.15) is 11.4 Å². The highest BCUT2D eigenvalue weighted by Gasteiger charge is 2.06. The quantitative estimate of drug-likeness (QED) is 0.940. The van der Waals surface area contributed by atoms with Crippen LogP contribution in [0.3, 0.4) is 0 Å². The van der Waals surface area contributed by atoms with Gasteiger partial charge in [0.2, 0.25) is 0 Å². The molecule has 1 aromatic heterocycles. The monoisotopic (exact) mass is 291 g/mol. The summed E-state index contributed by atoms with van der Waals surface area (Å²) < 4.78 is 2.42. The first-order valence-electron chi connectivity index (χ1n) is 4.97. The molecule has 0 aliphatic carbocycles. The van der Waals surface area contributed by atoms with Gasteiger partial charge in [-0.2, -0.15) is 10.4 Å². The molecule has 0 aliphatic heterocycles. The van der Waals surface area contributed by atoms with Gasteiger partial charge in [0.05, 0.1) is 17.8 Å². The van der Waals surface area contributed by atoms with Crippen LogP contribution in [0.4, 0.5) is 5.69 Å². The number of benzene rings is 1. The van der Waals surface area contributed by atoms with E-state index in [1.54, 1.807) is 11.0 Å². The highest BCUT2D eigenvalue weighted by atomic mass is 79.9. The molecule has 1 heterocycles. The van der Waals surface area contributed by atoms with E-state index in [0.717, 1.165) is 10.2 Å². The topological polar surface area (TPSA) is 66.5 Å². The van der Waals surface area contributed by atoms with Crippen LogP contribution in [0.2, 0.25) is 0 Å². The van der Waals surface area contributed by atoms with Crippen molar-refractivity contribution in [3.05, 3.63) is 40.4 Å². The normalized spacial score (nSPS) is 9.94. The molecule has 0 atom stereocenters. The summed E-state index contributed by atoms with van der Waals surface area (Å²) in [5.74, 6) is 0.691. The van der Waals surface area contributed by atoms with E-state index in [1.807, 2.05) is 25.2 Å². The molecule has 86 valence electrons. The Bertz CT molecular complexity index is 569. The zero-order chi connectivity index (χ0) is 12.3. The molecule has 5 nitrogen and oxygen atoms in total. The third-order valence-electron chi connectivity index (χ3n) is 2.21. The number of aryl methyl sites for hydroxylation is 1. The van der Waals surface area contributed by atoms with Gasteiger partial charge in [-0.15, -0.1) is 0 Å². The van der Waals surface area contributed by atoms with Crippen molar-refractivity contribution >= 4 is 21.6 Å². The number of aromatic nitrogens is 3. The van der Waals surface area contributed by atoms with Gasteiger partial charge in [-0.3, -0.25) is 4.68 Å². The Morgan fingerprint density at radius 2 is 2.35 bits per heavy atom. The number of hydrogen-bond acceptors (Lipinski definition) is 4. The van der Waals surface area contributed by atoms with Crippen molar-refractivity contribution < 1.29 is 0 Å². The molecular formula is C11H10BrN5. The lowest BCUT2D eigenvalue weighted by atomic mass is 10.2. The first-order valence-corrected chi connectivity index (χ1v) is 5.77. The molecule has 0 aliphatic rings. The molecule has 17 heavy (non-hydrogen) atoms. The van der Waals surface area contributed by atoms with E-state index in [2.05, 4.69) is 37.4 Å². The van der Waals surface area contributed by atoms with Crippen molar-refractivity contribution in [2.45, 2.75) is 6.54 Å². The third kappa shape index (κ3) is 2.63. The van der Waals surface area contributed by atoms with Gasteiger partial charge in [0.15, 0.2) is 5.82 Å². The van der Waals surface area contributed by atoms with E-state index in [1.165, 1.54) is 0 Å². The molecule has 6 heteroatoms. The predicted molar refractivity (Wildman–Crippen MR) is 67.2 cm³/mol. The first kappa shape index (κ1) is 11.6. The third-order valence-corrected chi connectivity index (χ3v) is 2.87. The summed E-state index contributed by atoms with van der Waals surface area (Å²) in [5.41, 5.74) is 1.36. The van der Waals surface area contributed by atoms with Gasteiger partial charge in [0.25, 0.3) is 0 Å². The fraction of sp³-hybridized carbons (Fsp3) is 0.182. The van der Waals surface area contributed by atoms with Crippen molar-refractivity contribution in [2.24, 2.45) is 7.05 Å². The highest BCUT2D eigenvalue weighted by molar-refractivity contribution is 9.10. The second kappa shape index (κ2) is 4.97. The maximum absolute atomic E-state index is 9.05. The zero-order valence-electron chi connectivity index (χ0n) is 9.18. The fourth-order valence-corrected chi connectivity index (χ4v) is 1.88. The first-order chi connectivity index (χ1) is 8.20. The second-order valence-corrected chi connectivity index (χ2v) is 4.32. The van der Waals surface area contributed by atoms with E-state index in [4.69, 9.17) is 5.26 Å². The Morgan fingerprint density at radius 1 is 1.53 bits per heavy atom. The molecule has 0 spiro atoms. The van der Waals surface area contributed by atoms with Crippen molar-refractivity contribution in [1.82, 2.24) is 14.8 Å². The Morgan fingerprint density at radius 3 is 3.00 bits per heavy atom. The highest BCUT2D eigenvalue weighted by Crippen LogP contribution is 2.23. The summed E-state index contributed by atoms with van der Waals surface area (Å²) in [6.45, 7) is 0.492. The van der Waals surface area contributed by atoms with Gasteiger partial charge in [0.1, 0.15) is 12.4 Å². The van der Waals surface area contributed by atoms with Crippen molar-refractivity contribution in [3.8, 4) is 6.07 Å². The second-order valence-electron chi connectivity index (χ2n) is 3.46. The Labute approximate surface area is 107 Å². The van der Waals surface area contributed by atoms with E-state index < -0.39 is 0 Å².